The van der Waals surface area contributed by atoms with Gasteiger partial charge in [0.2, 0.25) is 0 Å². The van der Waals surface area contributed by atoms with Crippen molar-refractivity contribution in [3.05, 3.63) is 96.1 Å². The summed E-state index contributed by atoms with van der Waals surface area (Å²) in [7, 11) is -3.95. The molecule has 0 spiro atoms. The highest BCUT2D eigenvalue weighted by atomic mass is 32.2. The van der Waals surface area contributed by atoms with Crippen LogP contribution in [0.3, 0.4) is 0 Å². The Bertz CT molecular complexity index is 1660. The maximum atomic E-state index is 13.4. The first-order valence-electron chi connectivity index (χ1n) is 10.4. The van der Waals surface area contributed by atoms with Crippen LogP contribution in [-0.4, -0.2) is 18.4 Å². The molecule has 8 nitrogen and oxygen atoms in total. The number of nitrogens with one attached hydrogen (secondary N) is 1. The lowest BCUT2D eigenvalue weighted by Crippen LogP contribution is -2.13. The molecule has 1 N–H and O–H groups in total. The second kappa shape index (κ2) is 9.61. The maximum Gasteiger partial charge on any atom is 0.263 e. The van der Waals surface area contributed by atoms with Crippen molar-refractivity contribution in [2.75, 3.05) is 4.72 Å². The Hall–Kier alpha value is -4.53. The first-order chi connectivity index (χ1) is 17.4. The van der Waals surface area contributed by atoms with Gasteiger partial charge in [0.05, 0.1) is 28.7 Å². The number of anilines is 1. The summed E-state index contributed by atoms with van der Waals surface area (Å²) in [5.41, 5.74) is 2.34. The fourth-order valence-corrected chi connectivity index (χ4v) is 5.15. The lowest BCUT2D eigenvalue weighted by atomic mass is 10.1. The van der Waals surface area contributed by atoms with Crippen molar-refractivity contribution < 1.29 is 22.0 Å². The quantitative estimate of drug-likeness (QED) is 0.278. The third kappa shape index (κ3) is 4.81. The number of benzene rings is 2. The molecule has 0 saturated carbocycles. The van der Waals surface area contributed by atoms with E-state index < -0.39 is 10.0 Å². The third-order valence-corrected chi connectivity index (χ3v) is 7.20. The summed E-state index contributed by atoms with van der Waals surface area (Å²) in [5.74, 6) is 0.104. The van der Waals surface area contributed by atoms with Gasteiger partial charge in [-0.3, -0.25) is 4.72 Å². The third-order valence-electron chi connectivity index (χ3n) is 5.05. The molecule has 178 valence electrons. The second-order valence-electron chi connectivity index (χ2n) is 7.38. The summed E-state index contributed by atoms with van der Waals surface area (Å²) in [4.78, 5) is 8.47. The predicted molar refractivity (Wildman–Crippen MR) is 131 cm³/mol. The van der Waals surface area contributed by atoms with Crippen molar-refractivity contribution in [1.82, 2.24) is 9.97 Å². The van der Waals surface area contributed by atoms with E-state index in [1.54, 1.807) is 35.7 Å². The number of pyridine rings is 1. The van der Waals surface area contributed by atoms with E-state index in [2.05, 4.69) is 14.7 Å². The smallest absolute Gasteiger partial charge is 0.263 e. The summed E-state index contributed by atoms with van der Waals surface area (Å²) < 4.78 is 52.4. The summed E-state index contributed by atoms with van der Waals surface area (Å²) in [5, 5.41) is 11.6. The lowest BCUT2D eigenvalue weighted by molar-refractivity contribution is 0.480. The van der Waals surface area contributed by atoms with Gasteiger partial charge in [-0.2, -0.15) is 5.26 Å². The zero-order valence-electron chi connectivity index (χ0n) is 18.3. The van der Waals surface area contributed by atoms with E-state index in [0.717, 1.165) is 11.3 Å². The highest BCUT2D eigenvalue weighted by molar-refractivity contribution is 7.93. The van der Waals surface area contributed by atoms with Crippen LogP contribution in [0.1, 0.15) is 5.56 Å². The molecule has 36 heavy (non-hydrogen) atoms. The van der Waals surface area contributed by atoms with Crippen LogP contribution in [0.2, 0.25) is 0 Å². The Balaban J connectivity index is 1.50. The van der Waals surface area contributed by atoms with Crippen LogP contribution in [0.5, 0.6) is 11.5 Å². The van der Waals surface area contributed by atoms with E-state index in [9.17, 15) is 18.1 Å². The Labute approximate surface area is 209 Å². The van der Waals surface area contributed by atoms with Crippen LogP contribution in [0.25, 0.3) is 22.5 Å². The molecule has 0 aliphatic heterocycles. The first kappa shape index (κ1) is 23.2. The van der Waals surface area contributed by atoms with E-state index >= 15 is 0 Å². The molecule has 2 aromatic carbocycles. The SMILES string of the molecule is N#Cc1cc(S(=O)(=O)Nc2nccs2)ccc1Oc1ccc(-c2ccc(F)cc2)nc1-c1ccoc1. The molecule has 0 unspecified atom stereocenters. The van der Waals surface area contributed by atoms with Gasteiger partial charge >= 0.3 is 0 Å². The fourth-order valence-electron chi connectivity index (χ4n) is 3.33. The zero-order chi connectivity index (χ0) is 25.1. The van der Waals surface area contributed by atoms with Crippen molar-refractivity contribution in [2.24, 2.45) is 0 Å². The molecule has 0 radical (unpaired) electrons. The van der Waals surface area contributed by atoms with E-state index in [-0.39, 0.29) is 27.2 Å². The largest absolute Gasteiger partial charge is 0.472 e. The van der Waals surface area contributed by atoms with E-state index in [0.29, 0.717) is 28.3 Å². The number of hydrogen-bond donors (Lipinski definition) is 1. The van der Waals surface area contributed by atoms with Crippen LogP contribution in [0, 0.1) is 17.1 Å². The second-order valence-corrected chi connectivity index (χ2v) is 9.95. The highest BCUT2D eigenvalue weighted by Crippen LogP contribution is 2.36. The maximum absolute atomic E-state index is 13.4. The normalized spacial score (nSPS) is 11.1. The van der Waals surface area contributed by atoms with Crippen molar-refractivity contribution in [3.63, 3.8) is 0 Å². The fraction of sp³-hybridized carbons (Fsp3) is 0. The summed E-state index contributed by atoms with van der Waals surface area (Å²) >= 11 is 1.14. The number of hydrogen-bond acceptors (Lipinski definition) is 8. The summed E-state index contributed by atoms with van der Waals surface area (Å²) in [6, 6.07) is 16.9. The minimum Gasteiger partial charge on any atom is -0.472 e. The topological polar surface area (TPSA) is 118 Å². The minimum atomic E-state index is -3.95. The monoisotopic (exact) mass is 518 g/mol. The number of nitriles is 1. The van der Waals surface area contributed by atoms with Gasteiger partial charge in [-0.1, -0.05) is 0 Å². The van der Waals surface area contributed by atoms with Gasteiger partial charge in [0.25, 0.3) is 10.0 Å². The standard InChI is InChI=1S/C25H15FN4O4S2/c26-19-3-1-16(2-4-19)21-6-8-23(24(29-21)17-9-11-33-15-17)34-22-7-5-20(13-18(22)14-27)36(31,32)30-25-28-10-12-35-25/h1-13,15H,(H,28,30). The van der Waals surface area contributed by atoms with Gasteiger partial charge in [0, 0.05) is 22.7 Å². The Morgan fingerprint density at radius 1 is 1.03 bits per heavy atom. The first-order valence-corrected chi connectivity index (χ1v) is 12.7. The van der Waals surface area contributed by atoms with Crippen molar-refractivity contribution in [3.8, 4) is 40.1 Å². The van der Waals surface area contributed by atoms with Gasteiger partial charge in [0.15, 0.2) is 10.9 Å². The molecule has 5 aromatic rings. The molecule has 3 heterocycles. The van der Waals surface area contributed by atoms with Gasteiger partial charge < -0.3 is 9.15 Å². The molecule has 5 rings (SSSR count). The number of halogens is 1. The number of sulfonamides is 1. The Kier molecular flexibility index (Phi) is 6.20. The number of ether oxygens (including phenoxy) is 1. The molecule has 0 aliphatic rings. The average Bonchev–Trinajstić information content (AvgIpc) is 3.59. The Morgan fingerprint density at radius 2 is 1.83 bits per heavy atom. The highest BCUT2D eigenvalue weighted by Gasteiger charge is 2.20. The molecule has 0 saturated heterocycles. The van der Waals surface area contributed by atoms with Crippen LogP contribution >= 0.6 is 11.3 Å². The predicted octanol–water partition coefficient (Wildman–Crippen LogP) is 6.07. The number of thiazole rings is 1. The minimum absolute atomic E-state index is 0.0118. The number of furan rings is 1. The van der Waals surface area contributed by atoms with Crippen LogP contribution < -0.4 is 9.46 Å². The molecule has 0 amide bonds. The summed E-state index contributed by atoms with van der Waals surface area (Å²) in [6.45, 7) is 0. The molecule has 0 fully saturated rings. The van der Waals surface area contributed by atoms with E-state index in [4.69, 9.17) is 9.15 Å². The lowest BCUT2D eigenvalue weighted by Gasteiger charge is -2.13. The molecule has 11 heteroatoms. The molecule has 0 aliphatic carbocycles. The number of nitrogens with zero attached hydrogens (tertiary/aromatic N) is 3. The number of rotatable bonds is 7. The van der Waals surface area contributed by atoms with Crippen molar-refractivity contribution in [2.45, 2.75) is 4.90 Å². The zero-order valence-corrected chi connectivity index (χ0v) is 19.9. The van der Waals surface area contributed by atoms with Crippen molar-refractivity contribution in [1.29, 1.82) is 5.26 Å². The van der Waals surface area contributed by atoms with Gasteiger partial charge in [-0.25, -0.2) is 22.8 Å². The van der Waals surface area contributed by atoms with Crippen molar-refractivity contribution >= 4 is 26.5 Å². The van der Waals surface area contributed by atoms with E-state index in [1.807, 2.05) is 6.07 Å². The van der Waals surface area contributed by atoms with Crippen LogP contribution in [0.4, 0.5) is 9.52 Å². The molecular weight excluding hydrogens is 503 g/mol. The van der Waals surface area contributed by atoms with E-state index in [1.165, 1.54) is 49.1 Å². The van der Waals surface area contributed by atoms with Gasteiger partial charge in [-0.05, 0) is 60.7 Å². The molecule has 0 bridgehead atoms. The van der Waals surface area contributed by atoms with Crippen LogP contribution in [-0.2, 0) is 10.0 Å². The average molecular weight is 519 g/mol. The van der Waals surface area contributed by atoms with Gasteiger partial charge in [-0.15, -0.1) is 11.3 Å². The number of aromatic nitrogens is 2. The molecular formula is C25H15FN4O4S2. The summed E-state index contributed by atoms with van der Waals surface area (Å²) in [6.07, 6.45) is 4.46. The molecule has 0 atom stereocenters. The molecule has 3 aromatic heterocycles. The van der Waals surface area contributed by atoms with Gasteiger partial charge in [0.1, 0.15) is 23.3 Å². The Morgan fingerprint density at radius 3 is 2.53 bits per heavy atom. The van der Waals surface area contributed by atoms with Crippen LogP contribution in [0.15, 0.2) is 94.1 Å².